The average molecular weight is 353 g/mol. The van der Waals surface area contributed by atoms with Crippen molar-refractivity contribution in [2.45, 2.75) is 6.92 Å². The lowest BCUT2D eigenvalue weighted by Crippen LogP contribution is -2.48. The summed E-state index contributed by atoms with van der Waals surface area (Å²) in [6.07, 6.45) is 1.80. The smallest absolute Gasteiger partial charge is 0.254 e. The van der Waals surface area contributed by atoms with E-state index < -0.39 is 0 Å². The quantitative estimate of drug-likeness (QED) is 0.725. The molecule has 0 bridgehead atoms. The van der Waals surface area contributed by atoms with Crippen molar-refractivity contribution in [2.24, 2.45) is 0 Å². The van der Waals surface area contributed by atoms with Crippen molar-refractivity contribution >= 4 is 11.6 Å². The van der Waals surface area contributed by atoms with Crippen molar-refractivity contribution in [3.05, 3.63) is 54.0 Å². The maximum Gasteiger partial charge on any atom is 0.254 e. The van der Waals surface area contributed by atoms with Gasteiger partial charge in [0.1, 0.15) is 5.82 Å². The van der Waals surface area contributed by atoms with E-state index in [0.717, 1.165) is 38.3 Å². The monoisotopic (exact) mass is 353 g/mol. The standard InChI is InChI=1S/C19H20FN5O/c1-2-23-9-11-24(12-10-23)19(26)15-7-8-25-17(13-15)21-22-18(25)14-3-5-16(20)6-4-14/h3-8,13H,2,9-12H2,1H3. The molecule has 1 aromatic carbocycles. The first-order valence-corrected chi connectivity index (χ1v) is 8.78. The fourth-order valence-corrected chi connectivity index (χ4v) is 3.27. The molecule has 0 aliphatic carbocycles. The zero-order chi connectivity index (χ0) is 18.1. The van der Waals surface area contributed by atoms with Crippen molar-refractivity contribution in [3.8, 4) is 11.4 Å². The Morgan fingerprint density at radius 2 is 1.81 bits per heavy atom. The zero-order valence-corrected chi connectivity index (χ0v) is 14.6. The van der Waals surface area contributed by atoms with Crippen LogP contribution in [0.5, 0.6) is 0 Å². The van der Waals surface area contributed by atoms with Crippen molar-refractivity contribution in [3.63, 3.8) is 0 Å². The van der Waals surface area contributed by atoms with E-state index >= 15 is 0 Å². The number of amides is 1. The highest BCUT2D eigenvalue weighted by Gasteiger charge is 2.22. The first kappa shape index (κ1) is 16.7. The molecule has 0 saturated carbocycles. The largest absolute Gasteiger partial charge is 0.336 e. The molecule has 1 aliphatic rings. The molecule has 0 N–H and O–H groups in total. The van der Waals surface area contributed by atoms with E-state index in [0.29, 0.717) is 17.0 Å². The number of hydrogen-bond acceptors (Lipinski definition) is 4. The minimum Gasteiger partial charge on any atom is -0.336 e. The van der Waals surface area contributed by atoms with Gasteiger partial charge in [-0.25, -0.2) is 4.39 Å². The van der Waals surface area contributed by atoms with Gasteiger partial charge in [-0.3, -0.25) is 9.20 Å². The normalized spacial score (nSPS) is 15.5. The number of hydrogen-bond donors (Lipinski definition) is 0. The predicted octanol–water partition coefficient (Wildman–Crippen LogP) is 2.31. The Kier molecular flexibility index (Phi) is 4.38. The van der Waals surface area contributed by atoms with Gasteiger partial charge in [0.15, 0.2) is 11.5 Å². The summed E-state index contributed by atoms with van der Waals surface area (Å²) in [6.45, 7) is 6.44. The number of piperazine rings is 1. The maximum atomic E-state index is 13.1. The molecule has 4 rings (SSSR count). The highest BCUT2D eigenvalue weighted by Crippen LogP contribution is 2.20. The fraction of sp³-hybridized carbons (Fsp3) is 0.316. The summed E-state index contributed by atoms with van der Waals surface area (Å²) >= 11 is 0. The van der Waals surface area contributed by atoms with E-state index in [1.165, 1.54) is 12.1 Å². The van der Waals surface area contributed by atoms with Gasteiger partial charge in [0, 0.05) is 43.5 Å². The number of rotatable bonds is 3. The molecule has 2 aromatic heterocycles. The predicted molar refractivity (Wildman–Crippen MR) is 96.4 cm³/mol. The van der Waals surface area contributed by atoms with Crippen molar-refractivity contribution in [1.82, 2.24) is 24.4 Å². The molecule has 1 amide bonds. The molecule has 1 saturated heterocycles. The van der Waals surface area contributed by atoms with Crippen LogP contribution in [-0.2, 0) is 0 Å². The van der Waals surface area contributed by atoms with Gasteiger partial charge in [0.05, 0.1) is 0 Å². The molecular weight excluding hydrogens is 333 g/mol. The molecule has 0 radical (unpaired) electrons. The van der Waals surface area contributed by atoms with Crippen LogP contribution in [0, 0.1) is 5.82 Å². The molecule has 1 aliphatic heterocycles. The Morgan fingerprint density at radius 3 is 2.50 bits per heavy atom. The summed E-state index contributed by atoms with van der Waals surface area (Å²) < 4.78 is 14.9. The number of fused-ring (bicyclic) bond motifs is 1. The first-order chi connectivity index (χ1) is 12.7. The highest BCUT2D eigenvalue weighted by atomic mass is 19.1. The number of carbonyl (C=O) groups excluding carboxylic acids is 1. The Morgan fingerprint density at radius 1 is 1.08 bits per heavy atom. The van der Waals surface area contributed by atoms with Gasteiger partial charge in [0.25, 0.3) is 5.91 Å². The number of halogens is 1. The van der Waals surface area contributed by atoms with Crippen LogP contribution >= 0.6 is 0 Å². The summed E-state index contributed by atoms with van der Waals surface area (Å²) in [5, 5.41) is 8.36. The van der Waals surface area contributed by atoms with Crippen LogP contribution in [0.3, 0.4) is 0 Å². The number of carbonyl (C=O) groups is 1. The third-order valence-corrected chi connectivity index (χ3v) is 4.87. The first-order valence-electron chi connectivity index (χ1n) is 8.78. The minimum atomic E-state index is -0.293. The summed E-state index contributed by atoms with van der Waals surface area (Å²) in [6, 6.07) is 9.66. The maximum absolute atomic E-state index is 13.1. The Hall–Kier alpha value is -2.80. The number of nitrogens with zero attached hydrogens (tertiary/aromatic N) is 5. The minimum absolute atomic E-state index is 0.0228. The summed E-state index contributed by atoms with van der Waals surface area (Å²) in [5.74, 6) is 0.351. The van der Waals surface area contributed by atoms with Crippen molar-refractivity contribution < 1.29 is 9.18 Å². The molecule has 134 valence electrons. The summed E-state index contributed by atoms with van der Waals surface area (Å²) in [7, 11) is 0. The van der Waals surface area contributed by atoms with Crippen LogP contribution < -0.4 is 0 Å². The van der Waals surface area contributed by atoms with Crippen LogP contribution in [0.1, 0.15) is 17.3 Å². The SMILES string of the molecule is CCN1CCN(C(=O)c2ccn3c(-c4ccc(F)cc4)nnc3c2)CC1. The highest BCUT2D eigenvalue weighted by molar-refractivity contribution is 5.95. The van der Waals surface area contributed by atoms with Gasteiger partial charge in [0.2, 0.25) is 0 Å². The number of benzene rings is 1. The van der Waals surface area contributed by atoms with E-state index in [1.54, 1.807) is 34.9 Å². The van der Waals surface area contributed by atoms with E-state index in [9.17, 15) is 9.18 Å². The fourth-order valence-electron chi connectivity index (χ4n) is 3.27. The lowest BCUT2D eigenvalue weighted by Gasteiger charge is -2.34. The molecule has 1 fully saturated rings. The van der Waals surface area contributed by atoms with Gasteiger partial charge < -0.3 is 9.80 Å². The summed E-state index contributed by atoms with van der Waals surface area (Å²) in [5.41, 5.74) is 1.98. The zero-order valence-electron chi connectivity index (χ0n) is 14.6. The molecule has 0 unspecified atom stereocenters. The van der Waals surface area contributed by atoms with Crippen molar-refractivity contribution in [1.29, 1.82) is 0 Å². The van der Waals surface area contributed by atoms with Crippen LogP contribution in [0.2, 0.25) is 0 Å². The van der Waals surface area contributed by atoms with Crippen LogP contribution in [0.4, 0.5) is 4.39 Å². The van der Waals surface area contributed by atoms with Gasteiger partial charge in [-0.2, -0.15) is 0 Å². The van der Waals surface area contributed by atoms with Gasteiger partial charge in [-0.1, -0.05) is 6.92 Å². The Balaban J connectivity index is 1.59. The Labute approximate surface area is 150 Å². The molecule has 7 heteroatoms. The second-order valence-corrected chi connectivity index (χ2v) is 6.40. The molecule has 0 atom stereocenters. The molecule has 6 nitrogen and oxygen atoms in total. The number of aromatic nitrogens is 3. The van der Waals surface area contributed by atoms with Crippen LogP contribution in [0.25, 0.3) is 17.0 Å². The van der Waals surface area contributed by atoms with Gasteiger partial charge in [-0.05, 0) is 42.9 Å². The van der Waals surface area contributed by atoms with E-state index in [-0.39, 0.29) is 11.7 Å². The Bertz CT molecular complexity index is 929. The molecule has 26 heavy (non-hydrogen) atoms. The third-order valence-electron chi connectivity index (χ3n) is 4.87. The number of likely N-dealkylation sites (N-methyl/N-ethyl adjacent to an activating group) is 1. The lowest BCUT2D eigenvalue weighted by atomic mass is 10.2. The van der Waals surface area contributed by atoms with E-state index in [4.69, 9.17) is 0 Å². The molecule has 3 aromatic rings. The van der Waals surface area contributed by atoms with E-state index in [1.807, 2.05) is 4.90 Å². The number of pyridine rings is 1. The van der Waals surface area contributed by atoms with Crippen LogP contribution in [0.15, 0.2) is 42.6 Å². The van der Waals surface area contributed by atoms with E-state index in [2.05, 4.69) is 22.0 Å². The molecule has 3 heterocycles. The van der Waals surface area contributed by atoms with Crippen LogP contribution in [-0.4, -0.2) is 63.0 Å². The second kappa shape index (κ2) is 6.84. The van der Waals surface area contributed by atoms with Gasteiger partial charge in [-0.15, -0.1) is 10.2 Å². The summed E-state index contributed by atoms with van der Waals surface area (Å²) in [4.78, 5) is 17.0. The second-order valence-electron chi connectivity index (χ2n) is 6.40. The average Bonchev–Trinajstić information content (AvgIpc) is 3.11. The topological polar surface area (TPSA) is 53.7 Å². The molecular formula is C19H20FN5O. The van der Waals surface area contributed by atoms with Gasteiger partial charge >= 0.3 is 0 Å². The third kappa shape index (κ3) is 3.06. The molecule has 0 spiro atoms. The van der Waals surface area contributed by atoms with Crippen molar-refractivity contribution in [2.75, 3.05) is 32.7 Å². The lowest BCUT2D eigenvalue weighted by molar-refractivity contribution is 0.0643.